The fourth-order valence-corrected chi connectivity index (χ4v) is 4.83. The highest BCUT2D eigenvalue weighted by molar-refractivity contribution is 5.89. The van der Waals surface area contributed by atoms with Crippen LogP contribution in [0.5, 0.6) is 0 Å². The molecule has 2 saturated heterocycles. The monoisotopic (exact) mass is 350 g/mol. The summed E-state index contributed by atoms with van der Waals surface area (Å²) in [5, 5.41) is 38.5. The largest absolute Gasteiger partial charge is 0.447 e. The van der Waals surface area contributed by atoms with Crippen LogP contribution >= 0.6 is 0 Å². The Balaban J connectivity index is 2.01. The molecule has 2 aliphatic heterocycles. The molecule has 2 heterocycles. The molecule has 4 unspecified atom stereocenters. The zero-order valence-electron chi connectivity index (χ0n) is 13.8. The molecule has 1 aromatic rings. The van der Waals surface area contributed by atoms with Crippen molar-refractivity contribution in [2.24, 2.45) is 16.7 Å². The van der Waals surface area contributed by atoms with Crippen LogP contribution in [-0.2, 0) is 9.47 Å². The van der Waals surface area contributed by atoms with Gasteiger partial charge in [-0.05, 0) is 30.5 Å². The van der Waals surface area contributed by atoms with Crippen LogP contribution in [0.3, 0.4) is 0 Å². The zero-order chi connectivity index (χ0) is 18.6. The molecule has 3 aliphatic rings. The van der Waals surface area contributed by atoms with Crippen LogP contribution in [-0.4, -0.2) is 11.7 Å². The molecule has 1 saturated carbocycles. The second kappa shape index (κ2) is 5.27. The molecule has 3 fully saturated rings. The van der Waals surface area contributed by atoms with Crippen molar-refractivity contribution >= 4 is 5.90 Å². The molecular weight excluding hydrogens is 335 g/mol. The summed E-state index contributed by atoms with van der Waals surface area (Å²) in [6.45, 7) is 0. The highest BCUT2D eigenvalue weighted by Gasteiger charge is 2.80. The van der Waals surface area contributed by atoms with Crippen molar-refractivity contribution in [2.75, 3.05) is 0 Å². The van der Waals surface area contributed by atoms with Crippen LogP contribution in [0, 0.1) is 62.0 Å². The van der Waals surface area contributed by atoms with Crippen LogP contribution in [0.15, 0.2) is 24.3 Å². The van der Waals surface area contributed by atoms with E-state index in [1.807, 2.05) is 12.1 Å². The van der Waals surface area contributed by atoms with E-state index in [2.05, 4.69) is 6.07 Å². The molecule has 1 aliphatic carbocycles. The number of nitriles is 3. The van der Waals surface area contributed by atoms with Crippen molar-refractivity contribution in [2.45, 2.75) is 37.6 Å². The van der Waals surface area contributed by atoms with Gasteiger partial charge in [0.15, 0.2) is 5.41 Å². The van der Waals surface area contributed by atoms with Gasteiger partial charge in [-0.3, -0.25) is 5.41 Å². The first-order valence-electron chi connectivity index (χ1n) is 8.45. The Morgan fingerprint density at radius 2 is 1.92 bits per heavy atom. The van der Waals surface area contributed by atoms with E-state index in [0.29, 0.717) is 12.8 Å². The Bertz CT molecular complexity index is 913. The molecule has 0 spiro atoms. The minimum Gasteiger partial charge on any atom is -0.447 e. The lowest BCUT2D eigenvalue weighted by atomic mass is 9.51. The lowest BCUT2D eigenvalue weighted by Gasteiger charge is -2.51. The predicted octanol–water partition coefficient (Wildman–Crippen LogP) is 3.33. The predicted molar refractivity (Wildman–Crippen MR) is 85.4 cm³/mol. The molecule has 7 heteroatoms. The molecule has 1 aromatic carbocycles. The minimum atomic E-state index is -2.01. The number of nitrogens with zero attached hydrogens (tertiary/aromatic N) is 3. The number of benzene rings is 1. The smallest absolute Gasteiger partial charge is 0.217 e. The number of halogens is 1. The van der Waals surface area contributed by atoms with Crippen LogP contribution in [0.2, 0.25) is 0 Å². The Morgan fingerprint density at radius 3 is 2.58 bits per heavy atom. The van der Waals surface area contributed by atoms with Gasteiger partial charge in [-0.15, -0.1) is 0 Å². The Labute approximate surface area is 149 Å². The first kappa shape index (κ1) is 16.5. The van der Waals surface area contributed by atoms with Crippen LogP contribution in [0.25, 0.3) is 0 Å². The van der Waals surface area contributed by atoms with Crippen LogP contribution in [0.4, 0.5) is 4.39 Å². The topological polar surface area (TPSA) is 114 Å². The van der Waals surface area contributed by atoms with Gasteiger partial charge in [0.1, 0.15) is 11.9 Å². The van der Waals surface area contributed by atoms with Gasteiger partial charge in [0, 0.05) is 6.42 Å². The molecule has 26 heavy (non-hydrogen) atoms. The molecular formula is C19H15FN4O2. The molecule has 0 aromatic heterocycles. The van der Waals surface area contributed by atoms with E-state index in [0.717, 1.165) is 12.8 Å². The Kier molecular flexibility index (Phi) is 3.35. The van der Waals surface area contributed by atoms with E-state index in [1.54, 1.807) is 6.07 Å². The number of rotatable bonds is 1. The normalized spacial score (nSPS) is 36.8. The fraction of sp³-hybridized carbons (Fsp3) is 0.474. The summed E-state index contributed by atoms with van der Waals surface area (Å²) in [7, 11) is 0. The van der Waals surface area contributed by atoms with Crippen LogP contribution < -0.4 is 0 Å². The fourth-order valence-electron chi connectivity index (χ4n) is 4.83. The van der Waals surface area contributed by atoms with Gasteiger partial charge < -0.3 is 9.47 Å². The number of ether oxygens (including phenoxy) is 2. The third kappa shape index (κ3) is 1.68. The lowest BCUT2D eigenvalue weighted by molar-refractivity contribution is -0.294. The van der Waals surface area contributed by atoms with Crippen molar-refractivity contribution in [3.8, 4) is 18.2 Å². The average molecular weight is 350 g/mol. The lowest BCUT2D eigenvalue weighted by Crippen LogP contribution is -2.60. The van der Waals surface area contributed by atoms with E-state index in [1.165, 1.54) is 18.2 Å². The number of hydrogen-bond acceptors (Lipinski definition) is 6. The molecule has 2 bridgehead atoms. The summed E-state index contributed by atoms with van der Waals surface area (Å²) < 4.78 is 25.8. The summed E-state index contributed by atoms with van der Waals surface area (Å²) in [5.74, 6) is -2.73. The number of nitrogens with one attached hydrogen (secondary N) is 1. The van der Waals surface area contributed by atoms with Gasteiger partial charge in [0.2, 0.25) is 17.1 Å². The van der Waals surface area contributed by atoms with Crippen molar-refractivity contribution in [3.05, 3.63) is 35.6 Å². The highest BCUT2D eigenvalue weighted by Crippen LogP contribution is 2.69. The van der Waals surface area contributed by atoms with Gasteiger partial charge in [0.25, 0.3) is 0 Å². The molecule has 4 rings (SSSR count). The molecule has 0 radical (unpaired) electrons. The third-order valence-corrected chi connectivity index (χ3v) is 5.97. The Hall–Kier alpha value is -2.95. The van der Waals surface area contributed by atoms with Gasteiger partial charge in [-0.1, -0.05) is 18.6 Å². The van der Waals surface area contributed by atoms with Gasteiger partial charge in [-0.25, -0.2) is 4.39 Å². The van der Waals surface area contributed by atoms with Gasteiger partial charge >= 0.3 is 0 Å². The second-order valence-electron chi connectivity index (χ2n) is 7.05. The van der Waals surface area contributed by atoms with Gasteiger partial charge in [0.05, 0.1) is 24.1 Å². The van der Waals surface area contributed by atoms with E-state index in [9.17, 15) is 20.2 Å². The quantitative estimate of drug-likeness (QED) is 0.834. The summed E-state index contributed by atoms with van der Waals surface area (Å²) >= 11 is 0. The first-order chi connectivity index (χ1) is 12.5. The maximum atomic E-state index is 13.8. The molecule has 6 nitrogen and oxygen atoms in total. The van der Waals surface area contributed by atoms with E-state index in [4.69, 9.17) is 14.9 Å². The summed E-state index contributed by atoms with van der Waals surface area (Å²) in [5.41, 5.74) is -3.46. The standard InChI is InChI=1S/C19H15FN4O2/c20-13-5-3-4-12(8-13)15-17(9-21,10-22)18(11-23)14-6-1-2-7-19(14,25-15)26-16(18)24/h3-5,8,14-15,24H,1-2,6-7H2. The van der Waals surface area contributed by atoms with E-state index >= 15 is 0 Å². The van der Waals surface area contributed by atoms with Crippen molar-refractivity contribution < 1.29 is 13.9 Å². The number of hydrogen-bond donors (Lipinski definition) is 1. The van der Waals surface area contributed by atoms with Crippen molar-refractivity contribution in [3.63, 3.8) is 0 Å². The van der Waals surface area contributed by atoms with Crippen LogP contribution in [0.1, 0.15) is 37.4 Å². The maximum Gasteiger partial charge on any atom is 0.217 e. The summed E-state index contributed by atoms with van der Waals surface area (Å²) in [6, 6.07) is 11.5. The summed E-state index contributed by atoms with van der Waals surface area (Å²) in [4.78, 5) is 0. The third-order valence-electron chi connectivity index (χ3n) is 5.97. The Morgan fingerprint density at radius 1 is 1.15 bits per heavy atom. The minimum absolute atomic E-state index is 0.287. The van der Waals surface area contributed by atoms with Gasteiger partial charge in [-0.2, -0.15) is 15.8 Å². The van der Waals surface area contributed by atoms with Crippen molar-refractivity contribution in [1.82, 2.24) is 0 Å². The van der Waals surface area contributed by atoms with E-state index < -0.39 is 40.4 Å². The molecule has 0 amide bonds. The zero-order valence-corrected chi connectivity index (χ0v) is 13.8. The molecule has 1 N–H and O–H groups in total. The average Bonchev–Trinajstić information content (AvgIpc) is 2.86. The van der Waals surface area contributed by atoms with E-state index in [-0.39, 0.29) is 5.56 Å². The highest BCUT2D eigenvalue weighted by atomic mass is 19.1. The second-order valence-corrected chi connectivity index (χ2v) is 7.05. The maximum absolute atomic E-state index is 13.8. The van der Waals surface area contributed by atoms with Crippen molar-refractivity contribution in [1.29, 1.82) is 21.2 Å². The SMILES string of the molecule is N#CC1(C#N)C(c2cccc(F)c2)OC23CCCCC2C1(C#N)C(=N)O3. The first-order valence-corrected chi connectivity index (χ1v) is 8.45. The molecule has 4 atom stereocenters. The summed E-state index contributed by atoms with van der Waals surface area (Å²) in [6.07, 6.45) is 1.38. The molecule has 130 valence electrons.